The van der Waals surface area contributed by atoms with Crippen molar-refractivity contribution in [2.75, 3.05) is 29.1 Å². The van der Waals surface area contributed by atoms with Gasteiger partial charge in [-0.25, -0.2) is 9.97 Å². The molecule has 27 heavy (non-hydrogen) atoms. The molecule has 2 atom stereocenters. The minimum Gasteiger partial charge on any atom is -0.356 e. The number of piperidine rings is 1. The van der Waals surface area contributed by atoms with Gasteiger partial charge >= 0.3 is 0 Å². The van der Waals surface area contributed by atoms with Gasteiger partial charge in [0.1, 0.15) is 17.2 Å². The average molecular weight is 385 g/mol. The van der Waals surface area contributed by atoms with Crippen LogP contribution in [0.25, 0.3) is 0 Å². The van der Waals surface area contributed by atoms with Crippen LogP contribution in [-0.4, -0.2) is 34.7 Å². The van der Waals surface area contributed by atoms with Crippen LogP contribution in [0.5, 0.6) is 0 Å². The van der Waals surface area contributed by atoms with Crippen LogP contribution in [0.3, 0.4) is 0 Å². The summed E-state index contributed by atoms with van der Waals surface area (Å²) in [6, 6.07) is 7.94. The molecule has 1 aliphatic heterocycles. The monoisotopic (exact) mass is 384 g/mol. The largest absolute Gasteiger partial charge is 0.356 e. The number of aromatic nitrogens is 2. The Morgan fingerprint density at radius 1 is 1.22 bits per heavy atom. The molecule has 0 unspecified atom stereocenters. The molecule has 1 saturated heterocycles. The lowest BCUT2D eigenvalue weighted by Crippen LogP contribution is -2.39. The molecule has 0 radical (unpaired) electrons. The Balaban J connectivity index is 1.59. The molecule has 1 aromatic heterocycles. The number of thioether (sulfide) groups is 1. The summed E-state index contributed by atoms with van der Waals surface area (Å²) in [5.74, 6) is 2.61. The molecule has 144 valence electrons. The Labute approximate surface area is 166 Å². The molecule has 1 aliphatic rings. The first-order chi connectivity index (χ1) is 12.9. The SMILES string of the molecule is Cc1cccc(NC(=O)CSc2cc(N3C[C@H](C)C[C@@H](C)C3)ncn2)c1C. The third-order valence-electron chi connectivity index (χ3n) is 5.05. The Kier molecular flexibility index (Phi) is 6.37. The van der Waals surface area contributed by atoms with E-state index in [1.54, 1.807) is 6.33 Å². The lowest BCUT2D eigenvalue weighted by atomic mass is 9.92. The molecule has 1 N–H and O–H groups in total. The number of hydrogen-bond donors (Lipinski definition) is 1. The van der Waals surface area contributed by atoms with E-state index >= 15 is 0 Å². The van der Waals surface area contributed by atoms with Gasteiger partial charge in [-0.05, 0) is 49.3 Å². The number of rotatable bonds is 5. The minimum absolute atomic E-state index is 0.0194. The van der Waals surface area contributed by atoms with Gasteiger partial charge in [0.15, 0.2) is 0 Å². The zero-order valence-corrected chi connectivity index (χ0v) is 17.3. The highest BCUT2D eigenvalue weighted by molar-refractivity contribution is 7.99. The molecular formula is C21H28N4OS. The molecule has 1 amide bonds. The summed E-state index contributed by atoms with van der Waals surface area (Å²) in [4.78, 5) is 23.4. The van der Waals surface area contributed by atoms with Crippen molar-refractivity contribution in [1.29, 1.82) is 0 Å². The highest BCUT2D eigenvalue weighted by atomic mass is 32.2. The van der Waals surface area contributed by atoms with Gasteiger partial charge in [-0.15, -0.1) is 0 Å². The Hall–Kier alpha value is -2.08. The second-order valence-corrected chi connectivity index (χ2v) is 8.65. The van der Waals surface area contributed by atoms with Crippen LogP contribution in [0.15, 0.2) is 35.6 Å². The number of amides is 1. The zero-order chi connectivity index (χ0) is 19.4. The maximum atomic E-state index is 12.3. The number of anilines is 2. The molecule has 1 fully saturated rings. The van der Waals surface area contributed by atoms with E-state index in [4.69, 9.17) is 0 Å². The Bertz CT molecular complexity index is 801. The number of hydrogen-bond acceptors (Lipinski definition) is 5. The molecule has 5 nitrogen and oxygen atoms in total. The fourth-order valence-corrected chi connectivity index (χ4v) is 4.31. The second kappa shape index (κ2) is 8.74. The lowest BCUT2D eigenvalue weighted by Gasteiger charge is -2.35. The van der Waals surface area contributed by atoms with Crippen LogP contribution in [0, 0.1) is 25.7 Å². The van der Waals surface area contributed by atoms with Crippen molar-refractivity contribution in [2.45, 2.75) is 39.1 Å². The summed E-state index contributed by atoms with van der Waals surface area (Å²) >= 11 is 1.45. The number of carbonyl (C=O) groups is 1. The first-order valence-electron chi connectivity index (χ1n) is 9.48. The average Bonchev–Trinajstić information content (AvgIpc) is 2.63. The Morgan fingerprint density at radius 3 is 2.70 bits per heavy atom. The van der Waals surface area contributed by atoms with Gasteiger partial charge in [0.2, 0.25) is 5.91 Å². The molecular weight excluding hydrogens is 356 g/mol. The quantitative estimate of drug-likeness (QED) is 0.615. The first kappa shape index (κ1) is 19.7. The van der Waals surface area contributed by atoms with Crippen molar-refractivity contribution in [3.63, 3.8) is 0 Å². The van der Waals surface area contributed by atoms with E-state index in [0.29, 0.717) is 17.6 Å². The summed E-state index contributed by atoms with van der Waals surface area (Å²) in [5.41, 5.74) is 3.15. The van der Waals surface area contributed by atoms with Gasteiger partial charge in [-0.3, -0.25) is 4.79 Å². The van der Waals surface area contributed by atoms with Gasteiger partial charge in [0, 0.05) is 24.8 Å². The summed E-state index contributed by atoms with van der Waals surface area (Å²) in [6.45, 7) is 10.7. The van der Waals surface area contributed by atoms with Crippen molar-refractivity contribution >= 4 is 29.2 Å². The summed E-state index contributed by atoms with van der Waals surface area (Å²) in [5, 5.41) is 3.83. The number of nitrogens with zero attached hydrogens (tertiary/aromatic N) is 3. The van der Waals surface area contributed by atoms with Crippen molar-refractivity contribution in [3.05, 3.63) is 41.7 Å². The van der Waals surface area contributed by atoms with E-state index in [1.165, 1.54) is 23.7 Å². The highest BCUT2D eigenvalue weighted by Crippen LogP contribution is 2.27. The van der Waals surface area contributed by atoms with Crippen LogP contribution in [0.2, 0.25) is 0 Å². The normalized spacial score (nSPS) is 19.8. The molecule has 6 heteroatoms. The summed E-state index contributed by atoms with van der Waals surface area (Å²) in [6.07, 6.45) is 2.87. The number of aryl methyl sites for hydroxylation is 1. The molecule has 2 heterocycles. The van der Waals surface area contributed by atoms with Crippen LogP contribution >= 0.6 is 11.8 Å². The van der Waals surface area contributed by atoms with Crippen LogP contribution in [0.4, 0.5) is 11.5 Å². The van der Waals surface area contributed by atoms with Gasteiger partial charge in [0.05, 0.1) is 5.75 Å². The fourth-order valence-electron chi connectivity index (χ4n) is 3.64. The van der Waals surface area contributed by atoms with E-state index in [9.17, 15) is 4.79 Å². The lowest BCUT2D eigenvalue weighted by molar-refractivity contribution is -0.113. The first-order valence-corrected chi connectivity index (χ1v) is 10.5. The maximum Gasteiger partial charge on any atom is 0.234 e. The molecule has 0 spiro atoms. The smallest absolute Gasteiger partial charge is 0.234 e. The second-order valence-electron chi connectivity index (χ2n) is 7.65. The molecule has 0 saturated carbocycles. The predicted molar refractivity (Wildman–Crippen MR) is 112 cm³/mol. The minimum atomic E-state index is -0.0194. The summed E-state index contributed by atoms with van der Waals surface area (Å²) < 4.78 is 0. The van der Waals surface area contributed by atoms with E-state index < -0.39 is 0 Å². The zero-order valence-electron chi connectivity index (χ0n) is 16.5. The van der Waals surface area contributed by atoms with Gasteiger partial charge in [-0.2, -0.15) is 0 Å². The predicted octanol–water partition coefficient (Wildman–Crippen LogP) is 4.31. The van der Waals surface area contributed by atoms with E-state index in [2.05, 4.69) is 34.0 Å². The van der Waals surface area contributed by atoms with Crippen LogP contribution < -0.4 is 10.2 Å². The van der Waals surface area contributed by atoms with Crippen molar-refractivity contribution < 1.29 is 4.79 Å². The van der Waals surface area contributed by atoms with Gasteiger partial charge in [0.25, 0.3) is 0 Å². The molecule has 0 aliphatic carbocycles. The number of carbonyl (C=O) groups excluding carboxylic acids is 1. The van der Waals surface area contributed by atoms with E-state index in [0.717, 1.165) is 35.2 Å². The number of nitrogens with one attached hydrogen (secondary N) is 1. The van der Waals surface area contributed by atoms with E-state index in [-0.39, 0.29) is 5.91 Å². The molecule has 2 aromatic rings. The van der Waals surface area contributed by atoms with Gasteiger partial charge in [-0.1, -0.05) is 37.7 Å². The third kappa shape index (κ3) is 5.22. The fraction of sp³-hybridized carbons (Fsp3) is 0.476. The summed E-state index contributed by atoms with van der Waals surface area (Å²) in [7, 11) is 0. The topological polar surface area (TPSA) is 58.1 Å². The van der Waals surface area contributed by atoms with Gasteiger partial charge < -0.3 is 10.2 Å². The molecule has 3 rings (SSSR count). The van der Waals surface area contributed by atoms with Crippen molar-refractivity contribution in [3.8, 4) is 0 Å². The highest BCUT2D eigenvalue weighted by Gasteiger charge is 2.23. The van der Waals surface area contributed by atoms with E-state index in [1.807, 2.05) is 38.1 Å². The molecule has 1 aromatic carbocycles. The van der Waals surface area contributed by atoms with Crippen LogP contribution in [0.1, 0.15) is 31.4 Å². The standard InChI is InChI=1S/C21H28N4OS/c1-14-8-15(2)11-25(10-14)19-9-21(23-13-22-19)27-12-20(26)24-18-7-5-6-16(3)17(18)4/h5-7,9,13-15H,8,10-12H2,1-4H3,(H,24,26)/t14-,15-/m1/s1. The third-order valence-corrected chi connectivity index (χ3v) is 5.98. The van der Waals surface area contributed by atoms with Crippen LogP contribution in [-0.2, 0) is 4.79 Å². The van der Waals surface area contributed by atoms with Crippen molar-refractivity contribution in [1.82, 2.24) is 9.97 Å². The molecule has 0 bridgehead atoms. The number of benzene rings is 1. The van der Waals surface area contributed by atoms with Crippen molar-refractivity contribution in [2.24, 2.45) is 11.8 Å². The Morgan fingerprint density at radius 2 is 1.96 bits per heavy atom. The maximum absolute atomic E-state index is 12.3.